The number of carbonyl (C=O) groups is 1. The van der Waals surface area contributed by atoms with E-state index in [0.717, 1.165) is 44.8 Å². The molecule has 138 valence electrons. The molecule has 0 spiro atoms. The number of rotatable bonds is 4. The molecule has 0 aliphatic carbocycles. The van der Waals surface area contributed by atoms with Gasteiger partial charge in [-0.05, 0) is 37.4 Å². The van der Waals surface area contributed by atoms with Crippen molar-refractivity contribution in [3.63, 3.8) is 0 Å². The zero-order valence-corrected chi connectivity index (χ0v) is 16.0. The van der Waals surface area contributed by atoms with E-state index >= 15 is 0 Å². The number of nitrogens with one attached hydrogen (secondary N) is 3. The maximum absolute atomic E-state index is 12.9. The fourth-order valence-corrected chi connectivity index (χ4v) is 5.11. The highest BCUT2D eigenvalue weighted by molar-refractivity contribution is 7.99. The summed E-state index contributed by atoms with van der Waals surface area (Å²) >= 11 is 1.91. The summed E-state index contributed by atoms with van der Waals surface area (Å²) in [6.07, 6.45) is 2.22. The Bertz CT molecular complexity index is 575. The number of fused-ring (bicyclic) bond motifs is 1. The number of piperidine rings is 1. The molecule has 5 nitrogen and oxygen atoms in total. The summed E-state index contributed by atoms with van der Waals surface area (Å²) in [5, 5.41) is 3.42. The number of thioether (sulfide) groups is 1. The Balaban J connectivity index is 0.00000182. The third kappa shape index (κ3) is 4.31. The lowest BCUT2D eigenvalue weighted by molar-refractivity contribution is -0.133. The van der Waals surface area contributed by atoms with Crippen molar-refractivity contribution in [2.75, 3.05) is 31.9 Å². The van der Waals surface area contributed by atoms with Gasteiger partial charge in [0.1, 0.15) is 6.04 Å². The van der Waals surface area contributed by atoms with Gasteiger partial charge in [0.05, 0.1) is 0 Å². The zero-order valence-electron chi connectivity index (χ0n) is 14.3. The number of carbonyl (C=O) groups excluding carboxylic acids is 1. The number of likely N-dealkylation sites (tertiary alicyclic amines) is 1. The largest absolute Gasteiger partial charge is 0.341 e. The van der Waals surface area contributed by atoms with E-state index in [1.165, 1.54) is 4.90 Å². The molecule has 25 heavy (non-hydrogen) atoms. The lowest BCUT2D eigenvalue weighted by atomic mass is 9.89. The van der Waals surface area contributed by atoms with Crippen LogP contribution >= 0.6 is 24.2 Å². The van der Waals surface area contributed by atoms with Crippen molar-refractivity contribution in [2.24, 2.45) is 11.8 Å². The second kappa shape index (κ2) is 8.73. The Morgan fingerprint density at radius 3 is 2.88 bits per heavy atom. The first-order valence-corrected chi connectivity index (χ1v) is 9.98. The van der Waals surface area contributed by atoms with E-state index < -0.39 is 0 Å². The van der Waals surface area contributed by atoms with Crippen LogP contribution in [0, 0.1) is 11.8 Å². The fourth-order valence-electron chi connectivity index (χ4n) is 4.06. The molecule has 4 unspecified atom stereocenters. The average Bonchev–Trinajstić information content (AvgIpc) is 3.27. The second-order valence-electron chi connectivity index (χ2n) is 7.09. The minimum atomic E-state index is -0.0664. The topological polar surface area (TPSA) is 56.4 Å². The summed E-state index contributed by atoms with van der Waals surface area (Å²) in [5.41, 5.74) is 6.59. The summed E-state index contributed by atoms with van der Waals surface area (Å²) in [4.78, 5) is 16.3. The molecule has 3 aliphatic heterocycles. The van der Waals surface area contributed by atoms with Crippen LogP contribution in [0.25, 0.3) is 0 Å². The number of benzene rings is 1. The van der Waals surface area contributed by atoms with Gasteiger partial charge in [0.15, 0.2) is 0 Å². The van der Waals surface area contributed by atoms with E-state index in [-0.39, 0.29) is 24.4 Å². The number of hydrogen-bond donors (Lipinski definition) is 3. The predicted octanol–water partition coefficient (Wildman–Crippen LogP) is 1.50. The van der Waals surface area contributed by atoms with Gasteiger partial charge in [-0.15, -0.1) is 24.2 Å². The van der Waals surface area contributed by atoms with Crippen LogP contribution in [0.2, 0.25) is 0 Å². The van der Waals surface area contributed by atoms with Gasteiger partial charge in [-0.3, -0.25) is 10.2 Å². The van der Waals surface area contributed by atoms with E-state index in [1.807, 2.05) is 11.8 Å². The molecule has 0 bridgehead atoms. The van der Waals surface area contributed by atoms with Crippen molar-refractivity contribution in [1.29, 1.82) is 0 Å². The number of halogens is 1. The van der Waals surface area contributed by atoms with Gasteiger partial charge < -0.3 is 10.2 Å². The first-order valence-electron chi connectivity index (χ1n) is 8.99. The van der Waals surface area contributed by atoms with Gasteiger partial charge >= 0.3 is 0 Å². The van der Waals surface area contributed by atoms with E-state index in [9.17, 15) is 4.79 Å². The molecule has 1 aromatic carbocycles. The number of amides is 1. The highest BCUT2D eigenvalue weighted by Gasteiger charge is 2.43. The van der Waals surface area contributed by atoms with Crippen LogP contribution in [0.5, 0.6) is 0 Å². The summed E-state index contributed by atoms with van der Waals surface area (Å²) in [7, 11) is 0. The molecule has 3 aliphatic rings. The van der Waals surface area contributed by atoms with Crippen molar-refractivity contribution in [3.8, 4) is 0 Å². The Morgan fingerprint density at radius 2 is 2.04 bits per heavy atom. The van der Waals surface area contributed by atoms with E-state index in [1.54, 1.807) is 0 Å². The SMILES string of the molecule is Cl.O=C(C1NNC2CCNCC21)N1CCC(CSc2ccccc2)C1. The molecule has 3 N–H and O–H groups in total. The molecule has 3 fully saturated rings. The molecule has 4 rings (SSSR count). The Kier molecular flexibility index (Phi) is 6.63. The molecule has 0 saturated carbocycles. The molecule has 0 radical (unpaired) electrons. The molecule has 1 aromatic rings. The van der Waals surface area contributed by atoms with Crippen molar-refractivity contribution < 1.29 is 4.79 Å². The summed E-state index contributed by atoms with van der Waals surface area (Å²) in [6.45, 7) is 3.78. The standard InChI is InChI=1S/C18H26N4OS.ClH/c23-18(17-15-10-19-8-6-16(15)20-21-17)22-9-7-13(11-22)12-24-14-4-2-1-3-5-14;/h1-5,13,15-17,19-21H,6-12H2;1H. The molecular formula is C18H27ClN4OS. The number of hydrazine groups is 1. The Morgan fingerprint density at radius 1 is 1.20 bits per heavy atom. The molecule has 7 heteroatoms. The minimum absolute atomic E-state index is 0. The fraction of sp³-hybridized carbons (Fsp3) is 0.611. The van der Waals surface area contributed by atoms with Gasteiger partial charge in [-0.1, -0.05) is 18.2 Å². The number of nitrogens with zero attached hydrogens (tertiary/aromatic N) is 1. The normalized spacial score (nSPS) is 31.4. The predicted molar refractivity (Wildman–Crippen MR) is 104 cm³/mol. The minimum Gasteiger partial charge on any atom is -0.341 e. The van der Waals surface area contributed by atoms with Crippen molar-refractivity contribution >= 4 is 30.1 Å². The van der Waals surface area contributed by atoms with Gasteiger partial charge in [0.25, 0.3) is 0 Å². The highest BCUT2D eigenvalue weighted by atomic mass is 35.5. The third-order valence-corrected chi connectivity index (χ3v) is 6.72. The van der Waals surface area contributed by atoms with Gasteiger partial charge in [0.2, 0.25) is 5.91 Å². The summed E-state index contributed by atoms with van der Waals surface area (Å²) in [5.74, 6) is 2.36. The third-order valence-electron chi connectivity index (χ3n) is 5.47. The highest BCUT2D eigenvalue weighted by Crippen LogP contribution is 2.28. The van der Waals surface area contributed by atoms with E-state index in [0.29, 0.717) is 17.9 Å². The second-order valence-corrected chi connectivity index (χ2v) is 8.19. The molecule has 3 saturated heterocycles. The first-order chi connectivity index (χ1) is 11.8. The molecule has 4 atom stereocenters. The Hall–Kier alpha value is -0.790. The Labute approximate surface area is 160 Å². The average molecular weight is 383 g/mol. The first kappa shape index (κ1) is 19.0. The van der Waals surface area contributed by atoms with Crippen LogP contribution in [-0.2, 0) is 4.79 Å². The molecular weight excluding hydrogens is 356 g/mol. The lowest BCUT2D eigenvalue weighted by Gasteiger charge is -2.29. The monoisotopic (exact) mass is 382 g/mol. The van der Waals surface area contributed by atoms with Crippen LogP contribution in [0.4, 0.5) is 0 Å². The van der Waals surface area contributed by atoms with Crippen molar-refractivity contribution in [1.82, 2.24) is 21.1 Å². The van der Waals surface area contributed by atoms with Crippen LogP contribution in [-0.4, -0.2) is 54.8 Å². The van der Waals surface area contributed by atoms with Gasteiger partial charge in [-0.25, -0.2) is 5.43 Å². The zero-order chi connectivity index (χ0) is 16.4. The maximum Gasteiger partial charge on any atom is 0.241 e. The number of hydrogen-bond acceptors (Lipinski definition) is 5. The quantitative estimate of drug-likeness (QED) is 0.689. The summed E-state index contributed by atoms with van der Waals surface area (Å²) < 4.78 is 0. The van der Waals surface area contributed by atoms with Crippen LogP contribution in [0.15, 0.2) is 35.2 Å². The lowest BCUT2D eigenvalue weighted by Crippen LogP contribution is -2.50. The molecule has 3 heterocycles. The van der Waals surface area contributed by atoms with E-state index in [2.05, 4.69) is 51.4 Å². The van der Waals surface area contributed by atoms with Crippen LogP contribution in [0.1, 0.15) is 12.8 Å². The molecule has 0 aromatic heterocycles. The van der Waals surface area contributed by atoms with Crippen molar-refractivity contribution in [3.05, 3.63) is 30.3 Å². The van der Waals surface area contributed by atoms with Gasteiger partial charge in [-0.2, -0.15) is 0 Å². The van der Waals surface area contributed by atoms with Crippen LogP contribution in [0.3, 0.4) is 0 Å². The van der Waals surface area contributed by atoms with Gasteiger partial charge in [0, 0.05) is 42.2 Å². The maximum atomic E-state index is 12.9. The van der Waals surface area contributed by atoms with E-state index in [4.69, 9.17) is 0 Å². The van der Waals surface area contributed by atoms with Crippen LogP contribution < -0.4 is 16.2 Å². The summed E-state index contributed by atoms with van der Waals surface area (Å²) in [6, 6.07) is 10.9. The molecule has 1 amide bonds. The van der Waals surface area contributed by atoms with Crippen molar-refractivity contribution in [2.45, 2.75) is 29.8 Å². The smallest absolute Gasteiger partial charge is 0.241 e.